The molecule has 0 radical (unpaired) electrons. The van der Waals surface area contributed by atoms with Crippen molar-refractivity contribution in [1.29, 1.82) is 0 Å². The summed E-state index contributed by atoms with van der Waals surface area (Å²) >= 11 is 0. The van der Waals surface area contributed by atoms with Gasteiger partial charge >= 0.3 is 0 Å². The Hall–Kier alpha value is -3.39. The first-order valence-corrected chi connectivity index (χ1v) is 11.4. The van der Waals surface area contributed by atoms with Gasteiger partial charge < -0.3 is 23.5 Å². The minimum atomic E-state index is -0.0834. The van der Waals surface area contributed by atoms with E-state index in [9.17, 15) is 9.59 Å². The average molecular weight is 449 g/mol. The molecule has 0 saturated carbocycles. The predicted octanol–water partition coefficient (Wildman–Crippen LogP) is 3.26. The molecule has 2 aliphatic rings. The molecule has 0 spiro atoms. The highest BCUT2D eigenvalue weighted by Gasteiger charge is 2.33. The van der Waals surface area contributed by atoms with Crippen molar-refractivity contribution in [2.45, 2.75) is 38.6 Å². The summed E-state index contributed by atoms with van der Waals surface area (Å²) in [6.07, 6.45) is 4.60. The average Bonchev–Trinajstić information content (AvgIpc) is 3.53. The van der Waals surface area contributed by atoms with Crippen molar-refractivity contribution in [1.82, 2.24) is 19.4 Å². The minimum Gasteiger partial charge on any atom is -0.467 e. The number of hydrogen-bond acceptors (Lipinski definition) is 5. The topological polar surface area (TPSA) is 80.8 Å². The second kappa shape index (κ2) is 9.23. The summed E-state index contributed by atoms with van der Waals surface area (Å²) in [6.45, 7) is 2.54. The SMILES string of the molecule is CN(Cc1ccco1)C(=O)C1CCN(C(=O)c2ncn3c2CO[C@@H](c2ccccc2)C3)CC1. The molecular formula is C25H28N4O4. The fourth-order valence-corrected chi connectivity index (χ4v) is 4.68. The largest absolute Gasteiger partial charge is 0.467 e. The lowest BCUT2D eigenvalue weighted by atomic mass is 9.95. The van der Waals surface area contributed by atoms with Gasteiger partial charge in [0.2, 0.25) is 5.91 Å². The third-order valence-electron chi connectivity index (χ3n) is 6.58. The summed E-state index contributed by atoms with van der Waals surface area (Å²) in [5.41, 5.74) is 2.40. The zero-order valence-electron chi connectivity index (χ0n) is 18.7. The van der Waals surface area contributed by atoms with Gasteiger partial charge in [-0.1, -0.05) is 30.3 Å². The first kappa shape index (κ1) is 21.5. The van der Waals surface area contributed by atoms with E-state index in [1.165, 1.54) is 0 Å². The van der Waals surface area contributed by atoms with Gasteiger partial charge in [-0.25, -0.2) is 4.98 Å². The van der Waals surface area contributed by atoms with Crippen LogP contribution in [-0.4, -0.2) is 51.3 Å². The van der Waals surface area contributed by atoms with Crippen LogP contribution in [0, 0.1) is 5.92 Å². The quantitative estimate of drug-likeness (QED) is 0.599. The van der Waals surface area contributed by atoms with Crippen LogP contribution in [0.1, 0.15) is 46.5 Å². The van der Waals surface area contributed by atoms with E-state index >= 15 is 0 Å². The lowest BCUT2D eigenvalue weighted by molar-refractivity contribution is -0.136. The van der Waals surface area contributed by atoms with Gasteiger partial charge in [0.05, 0.1) is 38.0 Å². The first-order chi connectivity index (χ1) is 16.1. The summed E-state index contributed by atoms with van der Waals surface area (Å²) in [6, 6.07) is 13.8. The Morgan fingerprint density at radius 1 is 1.12 bits per heavy atom. The molecule has 1 saturated heterocycles. The number of imidazole rings is 1. The number of amides is 2. The number of rotatable bonds is 5. The molecule has 2 amide bonds. The van der Waals surface area contributed by atoms with Crippen molar-refractivity contribution in [3.8, 4) is 0 Å². The Balaban J connectivity index is 1.18. The number of nitrogens with zero attached hydrogens (tertiary/aromatic N) is 4. The number of hydrogen-bond donors (Lipinski definition) is 0. The molecule has 0 aliphatic carbocycles. The normalized spacial score (nSPS) is 18.7. The van der Waals surface area contributed by atoms with Gasteiger partial charge in [0.1, 0.15) is 11.9 Å². The molecule has 0 N–H and O–H groups in total. The Morgan fingerprint density at radius 3 is 2.64 bits per heavy atom. The van der Waals surface area contributed by atoms with Crippen molar-refractivity contribution in [2.75, 3.05) is 20.1 Å². The number of piperidine rings is 1. The maximum atomic E-state index is 13.2. The van der Waals surface area contributed by atoms with E-state index in [2.05, 4.69) is 17.1 Å². The molecule has 2 aromatic heterocycles. The van der Waals surface area contributed by atoms with Crippen LogP contribution >= 0.6 is 0 Å². The van der Waals surface area contributed by atoms with Crippen LogP contribution in [0.2, 0.25) is 0 Å². The molecule has 1 atom stereocenters. The monoisotopic (exact) mass is 448 g/mol. The second-order valence-electron chi connectivity index (χ2n) is 8.74. The first-order valence-electron chi connectivity index (χ1n) is 11.4. The van der Waals surface area contributed by atoms with Crippen molar-refractivity contribution in [3.05, 3.63) is 77.8 Å². The number of aromatic nitrogens is 2. The van der Waals surface area contributed by atoms with E-state index in [0.717, 1.165) is 17.0 Å². The number of furan rings is 1. The Morgan fingerprint density at radius 2 is 1.91 bits per heavy atom. The zero-order valence-corrected chi connectivity index (χ0v) is 18.7. The molecule has 0 bridgehead atoms. The molecule has 0 unspecified atom stereocenters. The number of carbonyl (C=O) groups is 2. The summed E-state index contributed by atoms with van der Waals surface area (Å²) in [5, 5.41) is 0. The zero-order chi connectivity index (χ0) is 22.8. The lowest BCUT2D eigenvalue weighted by Crippen LogP contribution is -2.43. The molecule has 8 heteroatoms. The number of likely N-dealkylation sites (tertiary alicyclic amines) is 1. The molecule has 3 aromatic rings. The van der Waals surface area contributed by atoms with Crippen molar-refractivity contribution in [3.63, 3.8) is 0 Å². The highest BCUT2D eigenvalue weighted by atomic mass is 16.5. The van der Waals surface area contributed by atoms with E-state index < -0.39 is 0 Å². The van der Waals surface area contributed by atoms with Crippen LogP contribution in [0.25, 0.3) is 0 Å². The summed E-state index contributed by atoms with van der Waals surface area (Å²) < 4.78 is 13.4. The van der Waals surface area contributed by atoms with Crippen LogP contribution in [0.3, 0.4) is 0 Å². The van der Waals surface area contributed by atoms with E-state index in [1.54, 1.807) is 24.5 Å². The molecular weight excluding hydrogens is 420 g/mol. The maximum Gasteiger partial charge on any atom is 0.274 e. The summed E-state index contributed by atoms with van der Waals surface area (Å²) in [7, 11) is 1.79. The molecule has 1 aromatic carbocycles. The third kappa shape index (κ3) is 4.43. The number of benzene rings is 1. The highest BCUT2D eigenvalue weighted by molar-refractivity contribution is 5.93. The van der Waals surface area contributed by atoms with Crippen molar-refractivity contribution in [2.24, 2.45) is 5.92 Å². The van der Waals surface area contributed by atoms with Gasteiger partial charge in [0.25, 0.3) is 5.91 Å². The third-order valence-corrected chi connectivity index (χ3v) is 6.58. The van der Waals surface area contributed by atoms with E-state index in [0.29, 0.717) is 51.3 Å². The predicted molar refractivity (Wildman–Crippen MR) is 120 cm³/mol. The second-order valence-corrected chi connectivity index (χ2v) is 8.74. The minimum absolute atomic E-state index is 0.0456. The summed E-state index contributed by atoms with van der Waals surface area (Å²) in [4.78, 5) is 34.0. The number of fused-ring (bicyclic) bond motifs is 1. The van der Waals surface area contributed by atoms with Crippen molar-refractivity contribution < 1.29 is 18.7 Å². The van der Waals surface area contributed by atoms with Gasteiger partial charge in [-0.3, -0.25) is 9.59 Å². The fraction of sp³-hybridized carbons (Fsp3) is 0.400. The van der Waals surface area contributed by atoms with Crippen LogP contribution in [-0.2, 0) is 29.2 Å². The van der Waals surface area contributed by atoms with E-state index in [-0.39, 0.29) is 23.8 Å². The van der Waals surface area contributed by atoms with Crippen molar-refractivity contribution >= 4 is 11.8 Å². The van der Waals surface area contributed by atoms with Gasteiger partial charge in [-0.05, 0) is 30.5 Å². The van der Waals surface area contributed by atoms with Gasteiger partial charge in [0.15, 0.2) is 5.69 Å². The molecule has 172 valence electrons. The lowest BCUT2D eigenvalue weighted by Gasteiger charge is -2.33. The molecule has 5 rings (SSSR count). The number of ether oxygens (including phenoxy) is 1. The molecule has 33 heavy (non-hydrogen) atoms. The highest BCUT2D eigenvalue weighted by Crippen LogP contribution is 2.29. The van der Waals surface area contributed by atoms with Gasteiger partial charge in [-0.2, -0.15) is 0 Å². The molecule has 4 heterocycles. The molecule has 1 fully saturated rings. The Kier molecular flexibility index (Phi) is 6.00. The van der Waals surface area contributed by atoms with E-state index in [1.807, 2.05) is 39.8 Å². The Labute approximate surface area is 192 Å². The van der Waals surface area contributed by atoms with Gasteiger partial charge in [-0.15, -0.1) is 0 Å². The molecule has 8 nitrogen and oxygen atoms in total. The van der Waals surface area contributed by atoms with Crippen LogP contribution < -0.4 is 0 Å². The standard InChI is InChI=1S/C25H28N4O4/c1-27(14-20-8-5-13-32-20)24(30)19-9-11-28(12-10-19)25(31)23-21-16-33-22(15-29(21)17-26-23)18-6-3-2-4-7-18/h2-8,13,17,19,22H,9-12,14-16H2,1H3/t22-/m1/s1. The molecule has 2 aliphatic heterocycles. The van der Waals surface area contributed by atoms with Gasteiger partial charge in [0, 0.05) is 26.1 Å². The van der Waals surface area contributed by atoms with E-state index in [4.69, 9.17) is 9.15 Å². The maximum absolute atomic E-state index is 13.2. The number of carbonyl (C=O) groups excluding carboxylic acids is 2. The smallest absolute Gasteiger partial charge is 0.274 e. The van der Waals surface area contributed by atoms with Crippen LogP contribution in [0.4, 0.5) is 0 Å². The van der Waals surface area contributed by atoms with Crippen LogP contribution in [0.15, 0.2) is 59.5 Å². The fourth-order valence-electron chi connectivity index (χ4n) is 4.68. The summed E-state index contributed by atoms with van der Waals surface area (Å²) in [5.74, 6) is 0.693. The Bertz CT molecular complexity index is 1100. The van der Waals surface area contributed by atoms with Crippen LogP contribution in [0.5, 0.6) is 0 Å².